The lowest BCUT2D eigenvalue weighted by Gasteiger charge is -2.21. The molecule has 11 heteroatoms. The van der Waals surface area contributed by atoms with Gasteiger partial charge in [-0.05, 0) is 90.6 Å². The van der Waals surface area contributed by atoms with Crippen molar-refractivity contribution in [3.8, 4) is 28.7 Å². The Labute approximate surface area is 267 Å². The molecule has 0 heterocycles. The van der Waals surface area contributed by atoms with Gasteiger partial charge in [0.1, 0.15) is 5.75 Å². The summed E-state index contributed by atoms with van der Waals surface area (Å²) >= 11 is 0. The second-order valence-corrected chi connectivity index (χ2v) is 10.2. The number of ether oxygens (including phenoxy) is 1. The Balaban J connectivity index is 1.49. The van der Waals surface area contributed by atoms with Crippen molar-refractivity contribution in [2.75, 3.05) is 33.3 Å². The zero-order valence-electron chi connectivity index (χ0n) is 25.6. The number of carbonyl (C=O) groups is 3. The molecule has 0 aliphatic carbocycles. The zero-order chi connectivity index (χ0) is 33.3. The maximum Gasteiger partial charge on any atom is 0.246 e. The van der Waals surface area contributed by atoms with Gasteiger partial charge in [0.15, 0.2) is 23.0 Å². The second-order valence-electron chi connectivity index (χ2n) is 10.2. The van der Waals surface area contributed by atoms with Crippen molar-refractivity contribution in [3.63, 3.8) is 0 Å². The second kappa shape index (κ2) is 18.2. The molecule has 46 heavy (non-hydrogen) atoms. The molecule has 3 amide bonds. The summed E-state index contributed by atoms with van der Waals surface area (Å²) in [4.78, 5) is 39.1. The summed E-state index contributed by atoms with van der Waals surface area (Å²) in [7, 11) is 1.44. The normalized spacial score (nSPS) is 11.2. The lowest BCUT2D eigenvalue weighted by atomic mass is 10.2. The fraction of sp³-hybridized carbons (Fsp3) is 0.229. The molecule has 0 spiro atoms. The minimum absolute atomic E-state index is 0.00291. The standard InChI is InChI=1S/C35H39N3O8/c1-46-32-24-27(8-15-30(32)41)10-17-34(44)37-20-4-22-38(35(45)18-11-26-7-14-29(40)31(42)23-26)21-3-2-19-36-33(43)16-9-25-5-12-28(39)13-6-25/h5-18,23-24,39-42H,2-4,19-22H2,1H3,(H,36,43)(H,37,44)/b16-9+,17-10+,18-11+. The Morgan fingerprint density at radius 2 is 1.20 bits per heavy atom. The molecule has 0 aliphatic heterocycles. The Hall–Kier alpha value is -5.71. The molecule has 6 N–H and O–H groups in total. The first-order valence-corrected chi connectivity index (χ1v) is 14.7. The van der Waals surface area contributed by atoms with E-state index in [0.717, 1.165) is 5.56 Å². The highest BCUT2D eigenvalue weighted by atomic mass is 16.5. The maximum atomic E-state index is 13.1. The van der Waals surface area contributed by atoms with Crippen LogP contribution < -0.4 is 15.4 Å². The highest BCUT2D eigenvalue weighted by Gasteiger charge is 2.11. The number of unbranched alkanes of at least 4 members (excludes halogenated alkanes) is 1. The summed E-state index contributed by atoms with van der Waals surface area (Å²) in [6.07, 6.45) is 10.7. The first-order valence-electron chi connectivity index (χ1n) is 14.7. The Morgan fingerprint density at radius 3 is 1.85 bits per heavy atom. The van der Waals surface area contributed by atoms with Crippen LogP contribution >= 0.6 is 0 Å². The number of hydrogen-bond donors (Lipinski definition) is 6. The van der Waals surface area contributed by atoms with E-state index in [1.54, 1.807) is 53.5 Å². The van der Waals surface area contributed by atoms with Crippen LogP contribution in [0, 0.1) is 0 Å². The number of methoxy groups -OCH3 is 1. The van der Waals surface area contributed by atoms with Gasteiger partial charge in [0.2, 0.25) is 17.7 Å². The average Bonchev–Trinajstić information content (AvgIpc) is 3.05. The van der Waals surface area contributed by atoms with E-state index in [4.69, 9.17) is 4.74 Å². The molecule has 3 rings (SSSR count). The van der Waals surface area contributed by atoms with Gasteiger partial charge >= 0.3 is 0 Å². The van der Waals surface area contributed by atoms with Crippen LogP contribution in [0.25, 0.3) is 18.2 Å². The van der Waals surface area contributed by atoms with E-state index in [1.165, 1.54) is 55.7 Å². The highest BCUT2D eigenvalue weighted by molar-refractivity contribution is 5.93. The van der Waals surface area contributed by atoms with Gasteiger partial charge in [0.25, 0.3) is 0 Å². The van der Waals surface area contributed by atoms with Crippen LogP contribution in [-0.2, 0) is 14.4 Å². The molecule has 0 saturated carbocycles. The Bertz CT molecular complexity index is 1560. The van der Waals surface area contributed by atoms with Crippen LogP contribution in [0.2, 0.25) is 0 Å². The largest absolute Gasteiger partial charge is 0.508 e. The van der Waals surface area contributed by atoms with Crippen molar-refractivity contribution >= 4 is 35.9 Å². The van der Waals surface area contributed by atoms with Crippen molar-refractivity contribution < 1.29 is 39.5 Å². The van der Waals surface area contributed by atoms with Gasteiger partial charge in [-0.1, -0.05) is 24.3 Å². The molecule has 0 bridgehead atoms. The Kier molecular flexibility index (Phi) is 13.7. The average molecular weight is 630 g/mol. The van der Waals surface area contributed by atoms with E-state index in [2.05, 4.69) is 10.6 Å². The summed E-state index contributed by atoms with van der Waals surface area (Å²) in [5, 5.41) is 43.9. The predicted octanol–water partition coefficient (Wildman–Crippen LogP) is 4.19. The van der Waals surface area contributed by atoms with Crippen molar-refractivity contribution in [1.29, 1.82) is 0 Å². The van der Waals surface area contributed by atoms with E-state index < -0.39 is 0 Å². The van der Waals surface area contributed by atoms with Crippen LogP contribution in [0.5, 0.6) is 28.7 Å². The van der Waals surface area contributed by atoms with Gasteiger partial charge < -0.3 is 40.7 Å². The predicted molar refractivity (Wildman–Crippen MR) is 176 cm³/mol. The molecule has 0 radical (unpaired) electrons. The fourth-order valence-electron chi connectivity index (χ4n) is 4.21. The molecule has 3 aromatic carbocycles. The van der Waals surface area contributed by atoms with Crippen molar-refractivity contribution in [1.82, 2.24) is 15.5 Å². The third-order valence-corrected chi connectivity index (χ3v) is 6.74. The third-order valence-electron chi connectivity index (χ3n) is 6.74. The van der Waals surface area contributed by atoms with Crippen molar-refractivity contribution in [3.05, 3.63) is 95.6 Å². The number of aromatic hydroxyl groups is 4. The van der Waals surface area contributed by atoms with Crippen LogP contribution in [-0.4, -0.2) is 76.3 Å². The van der Waals surface area contributed by atoms with Gasteiger partial charge in [-0.3, -0.25) is 14.4 Å². The van der Waals surface area contributed by atoms with Gasteiger partial charge in [-0.2, -0.15) is 0 Å². The number of rotatable bonds is 16. The fourth-order valence-corrected chi connectivity index (χ4v) is 4.21. The zero-order valence-corrected chi connectivity index (χ0v) is 25.6. The summed E-state index contributed by atoms with van der Waals surface area (Å²) in [5.41, 5.74) is 2.00. The number of amides is 3. The van der Waals surface area contributed by atoms with E-state index in [-0.39, 0.29) is 40.7 Å². The Morgan fingerprint density at radius 1 is 0.652 bits per heavy atom. The summed E-state index contributed by atoms with van der Waals surface area (Å²) in [6.45, 7) is 1.52. The SMILES string of the molecule is COc1cc(/C=C/C(=O)NCCCN(CCCCNC(=O)/C=C/c2ccc(O)cc2)C(=O)/C=C/c2ccc(O)c(O)c2)ccc1O. The molecule has 0 aromatic heterocycles. The molecule has 0 atom stereocenters. The van der Waals surface area contributed by atoms with Crippen LogP contribution in [0.4, 0.5) is 0 Å². The van der Waals surface area contributed by atoms with Gasteiger partial charge in [0.05, 0.1) is 7.11 Å². The number of phenols is 4. The number of nitrogens with zero attached hydrogens (tertiary/aromatic N) is 1. The van der Waals surface area contributed by atoms with Crippen molar-refractivity contribution in [2.24, 2.45) is 0 Å². The minimum Gasteiger partial charge on any atom is -0.508 e. The molecular weight excluding hydrogens is 590 g/mol. The van der Waals surface area contributed by atoms with Gasteiger partial charge in [0, 0.05) is 44.4 Å². The first kappa shape index (κ1) is 34.8. The lowest BCUT2D eigenvalue weighted by molar-refractivity contribution is -0.126. The molecular formula is C35H39N3O8. The number of nitrogens with one attached hydrogen (secondary N) is 2. The van der Waals surface area contributed by atoms with E-state index in [1.807, 2.05) is 0 Å². The first-order chi connectivity index (χ1) is 22.1. The van der Waals surface area contributed by atoms with Crippen LogP contribution in [0.15, 0.2) is 78.9 Å². The van der Waals surface area contributed by atoms with E-state index in [0.29, 0.717) is 62.3 Å². The molecule has 242 valence electrons. The van der Waals surface area contributed by atoms with Crippen LogP contribution in [0.3, 0.4) is 0 Å². The summed E-state index contributed by atoms with van der Waals surface area (Å²) in [6, 6.07) is 15.5. The monoisotopic (exact) mass is 629 g/mol. The minimum atomic E-state index is -0.313. The van der Waals surface area contributed by atoms with E-state index in [9.17, 15) is 34.8 Å². The molecule has 11 nitrogen and oxygen atoms in total. The van der Waals surface area contributed by atoms with Gasteiger partial charge in [-0.15, -0.1) is 0 Å². The summed E-state index contributed by atoms with van der Waals surface area (Å²) < 4.78 is 5.08. The molecule has 3 aromatic rings. The number of hydrogen-bond acceptors (Lipinski definition) is 8. The number of carbonyl (C=O) groups excluding carboxylic acids is 3. The topological polar surface area (TPSA) is 169 Å². The number of phenolic OH excluding ortho intramolecular Hbond substituents is 4. The van der Waals surface area contributed by atoms with Crippen molar-refractivity contribution in [2.45, 2.75) is 19.3 Å². The lowest BCUT2D eigenvalue weighted by Crippen LogP contribution is -2.34. The highest BCUT2D eigenvalue weighted by Crippen LogP contribution is 2.27. The molecule has 0 aliphatic rings. The van der Waals surface area contributed by atoms with Gasteiger partial charge in [-0.25, -0.2) is 0 Å². The quantitative estimate of drug-likeness (QED) is 0.0779. The molecule has 0 fully saturated rings. The molecule has 0 saturated heterocycles. The maximum absolute atomic E-state index is 13.1. The molecule has 0 unspecified atom stereocenters. The van der Waals surface area contributed by atoms with E-state index >= 15 is 0 Å². The van der Waals surface area contributed by atoms with Crippen LogP contribution in [0.1, 0.15) is 36.0 Å². The third kappa shape index (κ3) is 12.1. The summed E-state index contributed by atoms with van der Waals surface area (Å²) in [5.74, 6) is -0.927. The smallest absolute Gasteiger partial charge is 0.246 e. The number of benzene rings is 3.